The van der Waals surface area contributed by atoms with E-state index in [2.05, 4.69) is 10.2 Å². The van der Waals surface area contributed by atoms with Crippen LogP contribution in [0.25, 0.3) is 10.8 Å². The van der Waals surface area contributed by atoms with E-state index in [9.17, 15) is 46.8 Å². The Balaban J connectivity index is 2.29. The molecule has 32 heavy (non-hydrogen) atoms. The number of phenols is 3. The van der Waals surface area contributed by atoms with E-state index < -0.39 is 74.3 Å². The monoisotopic (exact) mass is 485 g/mol. The largest absolute Gasteiger partial charge is 0.507 e. The maximum Gasteiger partial charge on any atom is 0.296 e. The Bertz CT molecular complexity index is 1530. The van der Waals surface area contributed by atoms with Gasteiger partial charge >= 0.3 is 0 Å². The van der Waals surface area contributed by atoms with Gasteiger partial charge in [0.15, 0.2) is 5.75 Å². The summed E-state index contributed by atoms with van der Waals surface area (Å²) in [5.74, 6) is -2.64. The summed E-state index contributed by atoms with van der Waals surface area (Å²) < 4.78 is 64.9. The molecule has 0 saturated heterocycles. The van der Waals surface area contributed by atoms with Gasteiger partial charge in [0.2, 0.25) is 0 Å². The molecule has 0 atom stereocenters. The van der Waals surface area contributed by atoms with Gasteiger partial charge in [0.05, 0.1) is 21.3 Å². The first-order valence-electron chi connectivity index (χ1n) is 8.07. The van der Waals surface area contributed by atoms with Crippen molar-refractivity contribution in [3.8, 4) is 17.2 Å². The lowest BCUT2D eigenvalue weighted by Gasteiger charge is -2.11. The van der Waals surface area contributed by atoms with Crippen LogP contribution < -0.4 is 0 Å². The van der Waals surface area contributed by atoms with Crippen molar-refractivity contribution in [2.75, 3.05) is 0 Å². The van der Waals surface area contributed by atoms with E-state index in [4.69, 9.17) is 4.55 Å². The molecule has 0 unspecified atom stereocenters. The minimum atomic E-state index is -5.10. The zero-order valence-corrected chi connectivity index (χ0v) is 16.9. The number of fused-ring (bicyclic) bond motifs is 1. The van der Waals surface area contributed by atoms with Crippen LogP contribution in [0.15, 0.2) is 56.4 Å². The fourth-order valence-corrected chi connectivity index (χ4v) is 3.89. The van der Waals surface area contributed by atoms with Crippen molar-refractivity contribution in [1.29, 1.82) is 0 Å². The Morgan fingerprint density at radius 3 is 2.03 bits per heavy atom. The average molecular weight is 485 g/mol. The molecule has 0 saturated carbocycles. The number of nitro groups is 1. The van der Waals surface area contributed by atoms with E-state index >= 15 is 0 Å². The van der Waals surface area contributed by atoms with E-state index in [1.165, 1.54) is 0 Å². The van der Waals surface area contributed by atoms with Crippen LogP contribution in [-0.4, -0.2) is 46.2 Å². The molecule has 0 aromatic heterocycles. The SMILES string of the molecule is O=[N+]([O-])c1ccc(N=Nc2c(S(=O)(=O)O)cc3cc(S(=O)(=O)O)cc(O)c3c2O)c(O)c1. The molecule has 0 amide bonds. The molecule has 0 aliphatic rings. The van der Waals surface area contributed by atoms with Crippen LogP contribution in [0.4, 0.5) is 17.1 Å². The molecule has 0 aliphatic heterocycles. The van der Waals surface area contributed by atoms with Crippen LogP contribution in [0.1, 0.15) is 0 Å². The molecule has 5 N–H and O–H groups in total. The molecule has 16 heteroatoms. The predicted molar refractivity (Wildman–Crippen MR) is 106 cm³/mol. The quantitative estimate of drug-likeness (QED) is 0.152. The zero-order valence-electron chi connectivity index (χ0n) is 15.3. The van der Waals surface area contributed by atoms with Gasteiger partial charge in [0.1, 0.15) is 27.8 Å². The van der Waals surface area contributed by atoms with Crippen LogP contribution in [0.3, 0.4) is 0 Å². The summed E-state index contributed by atoms with van der Waals surface area (Å²) in [6, 6.07) is 4.62. The lowest BCUT2D eigenvalue weighted by molar-refractivity contribution is -0.384. The molecular weight excluding hydrogens is 474 g/mol. The van der Waals surface area contributed by atoms with E-state index in [0.29, 0.717) is 12.1 Å². The number of aromatic hydroxyl groups is 3. The summed E-state index contributed by atoms with van der Waals surface area (Å²) in [5.41, 5.74) is -1.75. The minimum Gasteiger partial charge on any atom is -0.507 e. The van der Waals surface area contributed by atoms with E-state index in [-0.39, 0.29) is 5.69 Å². The molecule has 3 aromatic carbocycles. The minimum absolute atomic E-state index is 0.373. The number of azo groups is 1. The molecule has 168 valence electrons. The maximum atomic E-state index is 11.8. The standard InChI is InChI=1S/C16H11N3O11S2/c20-11-5-8(19(23)24)1-2-10(11)17-18-15-13(32(28,29)30)4-7-3-9(31(25,26)27)6-12(21)14(7)16(15)22/h1-6,20-22H,(H,25,26,27)(H,28,29,30). The molecule has 3 rings (SSSR count). The van der Waals surface area contributed by atoms with Crippen molar-refractivity contribution in [3.63, 3.8) is 0 Å². The van der Waals surface area contributed by atoms with E-state index in [1.54, 1.807) is 0 Å². The zero-order chi connectivity index (χ0) is 24.0. The van der Waals surface area contributed by atoms with Crippen molar-refractivity contribution in [2.45, 2.75) is 9.79 Å². The summed E-state index contributed by atoms with van der Waals surface area (Å²) in [5, 5.41) is 47.2. The van der Waals surface area contributed by atoms with Crippen molar-refractivity contribution in [1.82, 2.24) is 0 Å². The molecule has 0 aliphatic carbocycles. The number of nitro benzene ring substituents is 1. The molecule has 0 radical (unpaired) electrons. The first kappa shape index (κ1) is 22.8. The van der Waals surface area contributed by atoms with Crippen LogP contribution in [0.5, 0.6) is 17.2 Å². The van der Waals surface area contributed by atoms with Gasteiger partial charge in [-0.15, -0.1) is 10.2 Å². The Hall–Kier alpha value is -3.86. The van der Waals surface area contributed by atoms with Gasteiger partial charge in [0.25, 0.3) is 25.9 Å². The third kappa shape index (κ3) is 4.28. The Kier molecular flexibility index (Phi) is 5.48. The summed E-state index contributed by atoms with van der Waals surface area (Å²) in [4.78, 5) is 8.04. The highest BCUT2D eigenvalue weighted by atomic mass is 32.2. The predicted octanol–water partition coefficient (Wildman–Crippen LogP) is 2.77. The van der Waals surface area contributed by atoms with Gasteiger partial charge in [-0.1, -0.05) is 0 Å². The van der Waals surface area contributed by atoms with Crippen LogP contribution >= 0.6 is 0 Å². The highest BCUT2D eigenvalue weighted by molar-refractivity contribution is 7.86. The summed E-state index contributed by atoms with van der Waals surface area (Å²) >= 11 is 0. The van der Waals surface area contributed by atoms with E-state index in [1.807, 2.05) is 0 Å². The topological polar surface area (TPSA) is 237 Å². The van der Waals surface area contributed by atoms with Crippen molar-refractivity contribution in [3.05, 3.63) is 46.5 Å². The number of nitrogens with zero attached hydrogens (tertiary/aromatic N) is 3. The van der Waals surface area contributed by atoms with Gasteiger partial charge in [0, 0.05) is 12.1 Å². The highest BCUT2D eigenvalue weighted by Gasteiger charge is 2.25. The van der Waals surface area contributed by atoms with Crippen molar-refractivity contribution >= 4 is 48.1 Å². The normalized spacial score (nSPS) is 12.4. The van der Waals surface area contributed by atoms with Crippen molar-refractivity contribution in [2.24, 2.45) is 10.2 Å². The fraction of sp³-hybridized carbons (Fsp3) is 0. The molecular formula is C16H11N3O11S2. The van der Waals surface area contributed by atoms with E-state index in [0.717, 1.165) is 24.3 Å². The summed E-state index contributed by atoms with van der Waals surface area (Å²) in [6.45, 7) is 0. The number of benzene rings is 3. The van der Waals surface area contributed by atoms with Gasteiger partial charge in [-0.05, 0) is 23.6 Å². The summed E-state index contributed by atoms with van der Waals surface area (Å²) in [6.07, 6.45) is 0. The second-order valence-corrected chi connectivity index (χ2v) is 9.00. The fourth-order valence-electron chi connectivity index (χ4n) is 2.69. The van der Waals surface area contributed by atoms with Crippen LogP contribution in [0.2, 0.25) is 0 Å². The van der Waals surface area contributed by atoms with Gasteiger partial charge in [-0.2, -0.15) is 16.8 Å². The number of rotatable bonds is 5. The Morgan fingerprint density at radius 1 is 0.844 bits per heavy atom. The van der Waals surface area contributed by atoms with Crippen LogP contribution in [-0.2, 0) is 20.2 Å². The first-order valence-corrected chi connectivity index (χ1v) is 10.9. The molecule has 0 spiro atoms. The smallest absolute Gasteiger partial charge is 0.296 e. The Morgan fingerprint density at radius 2 is 1.50 bits per heavy atom. The highest BCUT2D eigenvalue weighted by Crippen LogP contribution is 2.45. The molecule has 0 bridgehead atoms. The van der Waals surface area contributed by atoms with Gasteiger partial charge in [-0.25, -0.2) is 0 Å². The molecule has 0 fully saturated rings. The second kappa shape index (κ2) is 7.68. The molecule has 0 heterocycles. The first-order chi connectivity index (χ1) is 14.7. The lowest BCUT2D eigenvalue weighted by atomic mass is 10.1. The molecule has 14 nitrogen and oxygen atoms in total. The van der Waals surface area contributed by atoms with Crippen molar-refractivity contribution < 1.29 is 46.2 Å². The van der Waals surface area contributed by atoms with Crippen LogP contribution in [0, 0.1) is 10.1 Å². The number of hydrogen-bond acceptors (Lipinski definition) is 11. The van der Waals surface area contributed by atoms with Gasteiger partial charge in [-0.3, -0.25) is 19.2 Å². The summed E-state index contributed by atoms with van der Waals surface area (Å²) in [7, 11) is -9.92. The number of hydrogen-bond donors (Lipinski definition) is 5. The number of non-ortho nitro benzene ring substituents is 1. The number of phenolic OH excluding ortho intramolecular Hbond substituents is 3. The lowest BCUT2D eigenvalue weighted by Crippen LogP contribution is -2.01. The maximum absolute atomic E-state index is 11.8. The third-order valence-electron chi connectivity index (χ3n) is 4.11. The van der Waals surface area contributed by atoms with Gasteiger partial charge < -0.3 is 15.3 Å². The Labute approximate surface area is 178 Å². The molecule has 3 aromatic rings. The third-order valence-corrected chi connectivity index (χ3v) is 5.80. The second-order valence-electron chi connectivity index (χ2n) is 6.19. The average Bonchev–Trinajstić information content (AvgIpc) is 2.65.